The van der Waals surface area contributed by atoms with Crippen molar-refractivity contribution in [2.45, 2.75) is 33.7 Å². The van der Waals surface area contributed by atoms with Crippen LogP contribution < -0.4 is 9.80 Å². The molecule has 0 spiro atoms. The smallest absolute Gasteiger partial charge is 0.300 e. The van der Waals surface area contributed by atoms with Crippen LogP contribution in [0, 0.1) is 24.0 Å². The highest BCUT2D eigenvalue weighted by molar-refractivity contribution is 6.51. The maximum atomic E-state index is 13.4. The minimum atomic E-state index is -0.911. The normalized spacial score (nSPS) is 16.8. The van der Waals surface area contributed by atoms with Crippen LogP contribution in [0.3, 0.4) is 0 Å². The monoisotopic (exact) mass is 499 g/mol. The molecule has 0 aliphatic carbocycles. The highest BCUT2D eigenvalue weighted by atomic mass is 16.6. The van der Waals surface area contributed by atoms with Crippen LogP contribution in [0.4, 0.5) is 17.1 Å². The van der Waals surface area contributed by atoms with Gasteiger partial charge in [-0.05, 0) is 68.7 Å². The number of hydrogen-bond donors (Lipinski definition) is 1. The van der Waals surface area contributed by atoms with Crippen molar-refractivity contribution in [1.82, 2.24) is 0 Å². The molecule has 0 bridgehead atoms. The first-order valence-corrected chi connectivity index (χ1v) is 12.1. The molecule has 1 amide bonds. The summed E-state index contributed by atoms with van der Waals surface area (Å²) in [7, 11) is 0. The highest BCUT2D eigenvalue weighted by Gasteiger charge is 2.47. The molecule has 37 heavy (non-hydrogen) atoms. The van der Waals surface area contributed by atoms with Gasteiger partial charge in [0.1, 0.15) is 5.76 Å². The number of aryl methyl sites for hydroxylation is 2. The maximum Gasteiger partial charge on any atom is 0.300 e. The number of aliphatic hydroxyl groups excluding tert-OH is 1. The zero-order valence-corrected chi connectivity index (χ0v) is 21.3. The van der Waals surface area contributed by atoms with Crippen molar-refractivity contribution in [3.8, 4) is 0 Å². The van der Waals surface area contributed by atoms with Gasteiger partial charge in [-0.1, -0.05) is 30.3 Å². The number of carbonyl (C=O) groups excluding carboxylic acids is 2. The molecule has 1 heterocycles. The van der Waals surface area contributed by atoms with E-state index in [0.29, 0.717) is 11.3 Å². The number of anilines is 2. The highest BCUT2D eigenvalue weighted by Crippen LogP contribution is 2.43. The van der Waals surface area contributed by atoms with Crippen molar-refractivity contribution in [3.05, 3.63) is 105 Å². The van der Waals surface area contributed by atoms with Gasteiger partial charge in [0.15, 0.2) is 0 Å². The number of nitro groups is 1. The Hall–Kier alpha value is -4.46. The third-order valence-electron chi connectivity index (χ3n) is 6.60. The molecule has 1 N–H and O–H groups in total. The number of amides is 1. The predicted molar refractivity (Wildman–Crippen MR) is 144 cm³/mol. The number of rotatable bonds is 7. The number of aliphatic hydroxyl groups is 1. The van der Waals surface area contributed by atoms with Gasteiger partial charge < -0.3 is 10.0 Å². The first kappa shape index (κ1) is 25.6. The lowest BCUT2D eigenvalue weighted by molar-refractivity contribution is -0.384. The molecule has 8 heteroatoms. The number of Topliss-reactive ketones (excluding diaryl/α,β-unsaturated/α-hetero) is 1. The Balaban J connectivity index is 1.93. The Morgan fingerprint density at radius 3 is 2.16 bits per heavy atom. The summed E-state index contributed by atoms with van der Waals surface area (Å²) in [6.07, 6.45) is 0. The lowest BCUT2D eigenvalue weighted by Gasteiger charge is -2.27. The lowest BCUT2D eigenvalue weighted by Crippen LogP contribution is -2.29. The van der Waals surface area contributed by atoms with E-state index in [1.54, 1.807) is 0 Å². The van der Waals surface area contributed by atoms with Crippen LogP contribution in [-0.4, -0.2) is 34.8 Å². The SMILES string of the molecule is CCN(CC)c1ccc(C2/C(=C(/O)c3cccc([N+](=O)[O-])c3)C(=O)C(=O)N2c2cc(C)cc(C)c2)cc1. The third-order valence-corrected chi connectivity index (χ3v) is 6.60. The summed E-state index contributed by atoms with van der Waals surface area (Å²) in [5, 5.41) is 22.6. The summed E-state index contributed by atoms with van der Waals surface area (Å²) < 4.78 is 0. The zero-order valence-electron chi connectivity index (χ0n) is 21.3. The summed E-state index contributed by atoms with van der Waals surface area (Å²) in [5.74, 6) is -2.07. The maximum absolute atomic E-state index is 13.4. The van der Waals surface area contributed by atoms with E-state index < -0.39 is 28.4 Å². The Kier molecular flexibility index (Phi) is 7.11. The molecular weight excluding hydrogens is 470 g/mol. The molecule has 3 aromatic carbocycles. The van der Waals surface area contributed by atoms with Gasteiger partial charge in [0.05, 0.1) is 16.5 Å². The van der Waals surface area contributed by atoms with Gasteiger partial charge in [-0.15, -0.1) is 0 Å². The number of benzene rings is 3. The molecule has 0 aromatic heterocycles. The van der Waals surface area contributed by atoms with E-state index in [1.807, 2.05) is 56.3 Å². The van der Waals surface area contributed by atoms with Crippen molar-refractivity contribution in [3.63, 3.8) is 0 Å². The molecule has 3 aromatic rings. The van der Waals surface area contributed by atoms with Crippen LogP contribution in [0.2, 0.25) is 0 Å². The number of nitrogens with zero attached hydrogens (tertiary/aromatic N) is 3. The van der Waals surface area contributed by atoms with Crippen molar-refractivity contribution in [2.75, 3.05) is 22.9 Å². The average Bonchev–Trinajstić information content (AvgIpc) is 3.14. The summed E-state index contributed by atoms with van der Waals surface area (Å²) in [6.45, 7) is 9.58. The first-order chi connectivity index (χ1) is 17.7. The zero-order chi connectivity index (χ0) is 26.9. The summed E-state index contributed by atoms with van der Waals surface area (Å²) in [6, 6.07) is 17.7. The predicted octanol–water partition coefficient (Wildman–Crippen LogP) is 5.68. The van der Waals surface area contributed by atoms with Gasteiger partial charge >= 0.3 is 0 Å². The van der Waals surface area contributed by atoms with Crippen LogP contribution >= 0.6 is 0 Å². The van der Waals surface area contributed by atoms with Crippen LogP contribution in [0.5, 0.6) is 0 Å². The fourth-order valence-electron chi connectivity index (χ4n) is 4.88. The van der Waals surface area contributed by atoms with E-state index >= 15 is 0 Å². The minimum absolute atomic E-state index is 0.0948. The first-order valence-electron chi connectivity index (χ1n) is 12.1. The summed E-state index contributed by atoms with van der Waals surface area (Å²) >= 11 is 0. The topological polar surface area (TPSA) is 104 Å². The second kappa shape index (κ2) is 10.3. The molecule has 0 radical (unpaired) electrons. The Bertz CT molecular complexity index is 1390. The van der Waals surface area contributed by atoms with E-state index in [4.69, 9.17) is 0 Å². The molecule has 1 aliphatic heterocycles. The van der Waals surface area contributed by atoms with Crippen LogP contribution in [0.15, 0.2) is 72.3 Å². The van der Waals surface area contributed by atoms with Crippen LogP contribution in [-0.2, 0) is 9.59 Å². The van der Waals surface area contributed by atoms with Crippen molar-refractivity contribution in [2.24, 2.45) is 0 Å². The fourth-order valence-corrected chi connectivity index (χ4v) is 4.88. The van der Waals surface area contributed by atoms with Gasteiger partial charge in [-0.2, -0.15) is 0 Å². The van der Waals surface area contributed by atoms with Crippen molar-refractivity contribution in [1.29, 1.82) is 0 Å². The van der Waals surface area contributed by atoms with E-state index in [9.17, 15) is 24.8 Å². The van der Waals surface area contributed by atoms with Gasteiger partial charge in [0, 0.05) is 42.2 Å². The largest absolute Gasteiger partial charge is 0.507 e. The van der Waals surface area contributed by atoms with Gasteiger partial charge in [-0.3, -0.25) is 24.6 Å². The Morgan fingerprint density at radius 2 is 1.59 bits per heavy atom. The molecule has 4 rings (SSSR count). The third kappa shape index (κ3) is 4.82. The standard InChI is InChI=1S/C29H29N3O5/c1-5-30(6-2)22-12-10-20(11-13-22)26-25(27(33)21-8-7-9-23(17-21)32(36)37)28(34)29(35)31(26)24-15-18(3)14-19(4)16-24/h7-17,26,33H,5-6H2,1-4H3/b27-25-. The van der Waals surface area contributed by atoms with Gasteiger partial charge in [0.25, 0.3) is 17.4 Å². The van der Waals surface area contributed by atoms with Gasteiger partial charge in [-0.25, -0.2) is 0 Å². The van der Waals surface area contributed by atoms with Gasteiger partial charge in [0.2, 0.25) is 0 Å². The number of non-ortho nitro benzene ring substituents is 1. The van der Waals surface area contributed by atoms with Crippen LogP contribution in [0.1, 0.15) is 42.1 Å². The number of carbonyl (C=O) groups is 2. The molecule has 0 saturated carbocycles. The molecule has 1 fully saturated rings. The van der Waals surface area contributed by atoms with Crippen molar-refractivity contribution < 1.29 is 19.6 Å². The van der Waals surface area contributed by atoms with Crippen molar-refractivity contribution >= 4 is 34.5 Å². The molecule has 1 aliphatic rings. The molecule has 1 atom stereocenters. The Morgan fingerprint density at radius 1 is 0.973 bits per heavy atom. The number of nitro benzene ring substituents is 1. The number of hydrogen-bond acceptors (Lipinski definition) is 6. The molecule has 8 nitrogen and oxygen atoms in total. The van der Waals surface area contributed by atoms with E-state index in [0.717, 1.165) is 29.9 Å². The fraction of sp³-hybridized carbons (Fsp3) is 0.241. The molecular formula is C29H29N3O5. The second-order valence-electron chi connectivity index (χ2n) is 9.09. The second-order valence-corrected chi connectivity index (χ2v) is 9.09. The van der Waals surface area contributed by atoms with Crippen LogP contribution in [0.25, 0.3) is 5.76 Å². The van der Waals surface area contributed by atoms with E-state index in [-0.39, 0.29) is 16.8 Å². The summed E-state index contributed by atoms with van der Waals surface area (Å²) in [5.41, 5.74) is 3.77. The van der Waals surface area contributed by atoms with E-state index in [2.05, 4.69) is 18.7 Å². The Labute approximate surface area is 215 Å². The molecule has 1 saturated heterocycles. The summed E-state index contributed by atoms with van der Waals surface area (Å²) in [4.78, 5) is 41.1. The average molecular weight is 500 g/mol. The quantitative estimate of drug-likeness (QED) is 0.147. The molecule has 1 unspecified atom stereocenters. The lowest BCUT2D eigenvalue weighted by atomic mass is 9.94. The molecule has 190 valence electrons. The number of ketones is 1. The minimum Gasteiger partial charge on any atom is -0.507 e. The van der Waals surface area contributed by atoms with E-state index in [1.165, 1.54) is 29.2 Å².